The minimum absolute atomic E-state index is 0.000179. The zero-order valence-electron chi connectivity index (χ0n) is 16.8. The number of carbonyl (C=O) groups excluding carboxylic acids is 2. The third kappa shape index (κ3) is 4.54. The van der Waals surface area contributed by atoms with E-state index in [0.717, 1.165) is 31.7 Å². The van der Waals surface area contributed by atoms with Crippen molar-refractivity contribution in [3.63, 3.8) is 0 Å². The number of ether oxygens (including phenoxy) is 2. The Morgan fingerprint density at radius 3 is 2.40 bits per heavy atom. The van der Waals surface area contributed by atoms with Crippen molar-refractivity contribution in [1.29, 1.82) is 0 Å². The molecule has 1 unspecified atom stereocenters. The highest BCUT2D eigenvalue weighted by molar-refractivity contribution is 5.89. The Balaban J connectivity index is 1.32. The number of benzene rings is 2. The quantitative estimate of drug-likeness (QED) is 0.754. The molecule has 2 aliphatic heterocycles. The van der Waals surface area contributed by atoms with E-state index in [1.165, 1.54) is 17.0 Å². The van der Waals surface area contributed by atoms with Crippen LogP contribution in [0.3, 0.4) is 0 Å². The van der Waals surface area contributed by atoms with E-state index in [4.69, 9.17) is 9.47 Å². The number of rotatable bonds is 5. The Hall–Kier alpha value is -3.13. The average molecular weight is 413 g/mol. The zero-order valence-corrected chi connectivity index (χ0v) is 16.8. The van der Waals surface area contributed by atoms with E-state index in [2.05, 4.69) is 4.90 Å². The first-order valence-electron chi connectivity index (χ1n) is 9.92. The van der Waals surface area contributed by atoms with Gasteiger partial charge in [0.05, 0.1) is 6.54 Å². The van der Waals surface area contributed by atoms with Gasteiger partial charge in [-0.1, -0.05) is 12.1 Å². The van der Waals surface area contributed by atoms with Crippen molar-refractivity contribution < 1.29 is 23.5 Å². The van der Waals surface area contributed by atoms with Crippen LogP contribution in [0.25, 0.3) is 0 Å². The number of amides is 2. The fourth-order valence-corrected chi connectivity index (χ4v) is 3.54. The lowest BCUT2D eigenvalue weighted by molar-refractivity contribution is -0.134. The van der Waals surface area contributed by atoms with Crippen molar-refractivity contribution in [1.82, 2.24) is 9.80 Å². The van der Waals surface area contributed by atoms with Gasteiger partial charge in [-0.15, -0.1) is 0 Å². The third-order valence-electron chi connectivity index (χ3n) is 5.42. The summed E-state index contributed by atoms with van der Waals surface area (Å²) in [6.07, 6.45) is -0.895. The van der Waals surface area contributed by atoms with Gasteiger partial charge in [0.1, 0.15) is 17.7 Å². The van der Waals surface area contributed by atoms with Crippen molar-refractivity contribution in [3.05, 3.63) is 59.9 Å². The first-order chi connectivity index (χ1) is 14.5. The molecule has 2 aromatic carbocycles. The molecule has 30 heavy (non-hydrogen) atoms. The summed E-state index contributed by atoms with van der Waals surface area (Å²) in [5, 5.41) is 0. The topological polar surface area (TPSA) is 62.3 Å². The van der Waals surface area contributed by atoms with Crippen molar-refractivity contribution in [2.45, 2.75) is 6.10 Å². The van der Waals surface area contributed by atoms with E-state index in [0.29, 0.717) is 18.0 Å². The number of cyclic esters (lactones) is 1. The second-order valence-electron chi connectivity index (χ2n) is 7.50. The molecule has 0 aromatic heterocycles. The molecule has 1 atom stereocenters. The Bertz CT molecular complexity index is 896. The second kappa shape index (κ2) is 8.71. The number of nitrogens with zero attached hydrogens (tertiary/aromatic N) is 3. The van der Waals surface area contributed by atoms with Gasteiger partial charge >= 0.3 is 6.09 Å². The summed E-state index contributed by atoms with van der Waals surface area (Å²) in [6.45, 7) is 3.52. The zero-order chi connectivity index (χ0) is 21.1. The molecule has 8 heteroatoms. The van der Waals surface area contributed by atoms with Crippen LogP contribution in [0.15, 0.2) is 48.5 Å². The SMILES string of the molecule is CN1CCN(C(=O)COc2ccc(C3CN(c4ccc(F)cc4)C(=O)O3)cc2)CC1. The Morgan fingerprint density at radius 2 is 1.73 bits per heavy atom. The number of anilines is 1. The lowest BCUT2D eigenvalue weighted by Crippen LogP contribution is -2.48. The molecule has 2 aliphatic rings. The molecule has 4 rings (SSSR count). The molecule has 0 N–H and O–H groups in total. The maximum absolute atomic E-state index is 13.1. The van der Waals surface area contributed by atoms with Gasteiger partial charge in [-0.25, -0.2) is 9.18 Å². The summed E-state index contributed by atoms with van der Waals surface area (Å²) in [4.78, 5) is 30.0. The van der Waals surface area contributed by atoms with Crippen molar-refractivity contribution >= 4 is 17.7 Å². The van der Waals surface area contributed by atoms with Crippen LogP contribution in [0, 0.1) is 5.82 Å². The third-order valence-corrected chi connectivity index (χ3v) is 5.42. The molecule has 0 bridgehead atoms. The molecule has 7 nitrogen and oxygen atoms in total. The summed E-state index contributed by atoms with van der Waals surface area (Å²) in [5.41, 5.74) is 1.41. The molecule has 0 aliphatic carbocycles. The Kier molecular flexibility index (Phi) is 5.85. The molecule has 158 valence electrons. The highest BCUT2D eigenvalue weighted by Gasteiger charge is 2.33. The largest absolute Gasteiger partial charge is 0.484 e. The van der Waals surface area contributed by atoms with E-state index in [1.54, 1.807) is 24.3 Å². The fraction of sp³-hybridized carbons (Fsp3) is 0.364. The summed E-state index contributed by atoms with van der Waals surface area (Å²) >= 11 is 0. The van der Waals surface area contributed by atoms with E-state index in [-0.39, 0.29) is 18.3 Å². The number of hydrogen-bond acceptors (Lipinski definition) is 5. The maximum Gasteiger partial charge on any atom is 0.415 e. The molecule has 2 heterocycles. The van der Waals surface area contributed by atoms with Gasteiger partial charge in [-0.05, 0) is 49.0 Å². The van der Waals surface area contributed by atoms with E-state index >= 15 is 0 Å². The van der Waals surface area contributed by atoms with Crippen LogP contribution in [0.1, 0.15) is 11.7 Å². The molecule has 0 spiro atoms. The van der Waals surface area contributed by atoms with Gasteiger partial charge < -0.3 is 19.3 Å². The molecule has 2 amide bonds. The van der Waals surface area contributed by atoms with Crippen molar-refractivity contribution in [2.75, 3.05) is 51.3 Å². The van der Waals surface area contributed by atoms with Gasteiger partial charge in [-0.3, -0.25) is 9.69 Å². The van der Waals surface area contributed by atoms with Crippen LogP contribution in [-0.4, -0.2) is 68.2 Å². The summed E-state index contributed by atoms with van der Waals surface area (Å²) in [5.74, 6) is 0.206. The van der Waals surface area contributed by atoms with Crippen LogP contribution in [0.4, 0.5) is 14.9 Å². The predicted molar refractivity (Wildman–Crippen MR) is 109 cm³/mol. The first-order valence-corrected chi connectivity index (χ1v) is 9.92. The Morgan fingerprint density at radius 1 is 1.07 bits per heavy atom. The number of likely N-dealkylation sites (N-methyl/N-ethyl adjacent to an activating group) is 1. The summed E-state index contributed by atoms with van der Waals surface area (Å²) < 4.78 is 24.2. The maximum atomic E-state index is 13.1. The number of hydrogen-bond donors (Lipinski definition) is 0. The molecule has 2 aromatic rings. The lowest BCUT2D eigenvalue weighted by atomic mass is 10.1. The lowest BCUT2D eigenvalue weighted by Gasteiger charge is -2.32. The predicted octanol–water partition coefficient (Wildman–Crippen LogP) is 2.68. The standard InChI is InChI=1S/C22H24FN3O4/c1-24-10-12-25(13-11-24)21(27)15-29-19-8-2-16(3-9-19)20-14-26(22(28)30-20)18-6-4-17(23)5-7-18/h2-9,20H,10-15H2,1H3. The highest BCUT2D eigenvalue weighted by atomic mass is 19.1. The van der Waals surface area contributed by atoms with E-state index < -0.39 is 12.2 Å². The van der Waals surface area contributed by atoms with Crippen LogP contribution in [-0.2, 0) is 9.53 Å². The van der Waals surface area contributed by atoms with Gasteiger partial charge in [0.25, 0.3) is 5.91 Å². The minimum Gasteiger partial charge on any atom is -0.484 e. The van der Waals surface area contributed by atoms with Gasteiger partial charge in [0.2, 0.25) is 0 Å². The normalized spacial score (nSPS) is 19.7. The van der Waals surface area contributed by atoms with Gasteiger partial charge in [0, 0.05) is 31.9 Å². The number of halogens is 1. The average Bonchev–Trinajstić information content (AvgIpc) is 3.15. The minimum atomic E-state index is -0.468. The van der Waals surface area contributed by atoms with Gasteiger partial charge in [0.15, 0.2) is 6.61 Å². The first kappa shape index (κ1) is 20.2. The number of carbonyl (C=O) groups is 2. The molecule has 2 saturated heterocycles. The van der Waals surface area contributed by atoms with E-state index in [1.807, 2.05) is 24.1 Å². The van der Waals surface area contributed by atoms with E-state index in [9.17, 15) is 14.0 Å². The molecule has 0 saturated carbocycles. The van der Waals surface area contributed by atoms with Crippen molar-refractivity contribution in [3.8, 4) is 5.75 Å². The number of piperazine rings is 1. The van der Waals surface area contributed by atoms with Gasteiger partial charge in [-0.2, -0.15) is 0 Å². The summed E-state index contributed by atoms with van der Waals surface area (Å²) in [6, 6.07) is 12.9. The highest BCUT2D eigenvalue weighted by Crippen LogP contribution is 2.31. The summed E-state index contributed by atoms with van der Waals surface area (Å²) in [7, 11) is 2.04. The second-order valence-corrected chi connectivity index (χ2v) is 7.50. The molecular weight excluding hydrogens is 389 g/mol. The van der Waals surface area contributed by atoms with Crippen LogP contribution in [0.2, 0.25) is 0 Å². The fourth-order valence-electron chi connectivity index (χ4n) is 3.54. The monoisotopic (exact) mass is 413 g/mol. The van der Waals surface area contributed by atoms with Crippen molar-refractivity contribution in [2.24, 2.45) is 0 Å². The molecule has 0 radical (unpaired) electrons. The van der Waals surface area contributed by atoms with Crippen LogP contribution >= 0.6 is 0 Å². The molecular formula is C22H24FN3O4. The van der Waals surface area contributed by atoms with Crippen LogP contribution in [0.5, 0.6) is 5.75 Å². The Labute approximate surface area is 174 Å². The smallest absolute Gasteiger partial charge is 0.415 e. The molecule has 2 fully saturated rings. The van der Waals surface area contributed by atoms with Crippen LogP contribution < -0.4 is 9.64 Å².